The average molecular weight is 303 g/mol. The molecule has 116 valence electrons. The van der Waals surface area contributed by atoms with Crippen LogP contribution >= 0.6 is 0 Å². The van der Waals surface area contributed by atoms with Gasteiger partial charge in [0.15, 0.2) is 0 Å². The first-order valence-electron chi connectivity index (χ1n) is 6.77. The third-order valence-electron chi connectivity index (χ3n) is 3.02. The summed E-state index contributed by atoms with van der Waals surface area (Å²) in [6.07, 6.45) is -0.123. The predicted octanol–water partition coefficient (Wildman–Crippen LogP) is 2.55. The molecule has 2 amide bonds. The summed E-state index contributed by atoms with van der Waals surface area (Å²) in [6.45, 7) is 3.77. The van der Waals surface area contributed by atoms with Gasteiger partial charge >= 0.3 is 12.0 Å². The van der Waals surface area contributed by atoms with Crippen molar-refractivity contribution >= 4 is 17.7 Å². The van der Waals surface area contributed by atoms with Crippen molar-refractivity contribution in [3.63, 3.8) is 0 Å². The van der Waals surface area contributed by atoms with E-state index in [0.29, 0.717) is 11.6 Å². The fourth-order valence-electron chi connectivity index (χ4n) is 1.78. The number of benzene rings is 1. The van der Waals surface area contributed by atoms with Crippen LogP contribution in [-0.4, -0.2) is 28.6 Å². The van der Waals surface area contributed by atoms with Gasteiger partial charge in [-0.2, -0.15) is 0 Å². The lowest BCUT2D eigenvalue weighted by Gasteiger charge is -2.07. The second-order valence-electron chi connectivity index (χ2n) is 4.77. The molecule has 2 aromatic rings. The minimum absolute atomic E-state index is 0.0684. The van der Waals surface area contributed by atoms with Crippen LogP contribution in [0.15, 0.2) is 28.7 Å². The summed E-state index contributed by atoms with van der Waals surface area (Å²) < 4.78 is 5.55. The summed E-state index contributed by atoms with van der Waals surface area (Å²) in [5, 5.41) is 13.6. The molecule has 0 aliphatic carbocycles. The van der Waals surface area contributed by atoms with Gasteiger partial charge in [-0.1, -0.05) is 6.07 Å². The molecule has 1 aromatic heterocycles. The topological polar surface area (TPSA) is 104 Å². The quantitative estimate of drug-likeness (QED) is 0.787. The van der Waals surface area contributed by atoms with Crippen LogP contribution in [0.5, 0.6) is 0 Å². The van der Waals surface area contributed by atoms with Crippen LogP contribution in [0.3, 0.4) is 0 Å². The maximum atomic E-state index is 11.6. The third-order valence-corrected chi connectivity index (χ3v) is 3.02. The molecule has 0 fully saturated rings. The zero-order valence-electron chi connectivity index (χ0n) is 12.3. The molecule has 2 rings (SSSR count). The number of amides is 2. The van der Waals surface area contributed by atoms with Crippen molar-refractivity contribution in [3.8, 4) is 11.5 Å². The Balaban J connectivity index is 2.02. The first-order valence-corrected chi connectivity index (χ1v) is 6.77. The van der Waals surface area contributed by atoms with Gasteiger partial charge in [-0.25, -0.2) is 9.78 Å². The lowest BCUT2D eigenvalue weighted by atomic mass is 10.2. The Hall–Kier alpha value is -2.83. The molecule has 0 radical (unpaired) electrons. The van der Waals surface area contributed by atoms with Gasteiger partial charge in [-0.05, 0) is 32.0 Å². The first kappa shape index (κ1) is 15.6. The van der Waals surface area contributed by atoms with Crippen molar-refractivity contribution in [1.82, 2.24) is 10.3 Å². The molecule has 0 spiro atoms. The number of anilines is 1. The fraction of sp³-hybridized carbons (Fsp3) is 0.267. The Labute approximate surface area is 127 Å². The smallest absolute Gasteiger partial charge is 0.319 e. The van der Waals surface area contributed by atoms with E-state index >= 15 is 0 Å². The SMILES string of the molecule is Cc1nc(-c2cccc(NC(=O)NCCC(=O)O)c2)oc1C. The van der Waals surface area contributed by atoms with Crippen LogP contribution in [-0.2, 0) is 4.79 Å². The van der Waals surface area contributed by atoms with Crippen molar-refractivity contribution in [2.45, 2.75) is 20.3 Å². The van der Waals surface area contributed by atoms with E-state index < -0.39 is 12.0 Å². The van der Waals surface area contributed by atoms with E-state index in [1.807, 2.05) is 19.9 Å². The van der Waals surface area contributed by atoms with E-state index in [4.69, 9.17) is 9.52 Å². The van der Waals surface area contributed by atoms with Crippen molar-refractivity contribution in [1.29, 1.82) is 0 Å². The number of aliphatic carboxylic acids is 1. The minimum atomic E-state index is -0.961. The van der Waals surface area contributed by atoms with Gasteiger partial charge in [-0.15, -0.1) is 0 Å². The Morgan fingerprint density at radius 3 is 2.73 bits per heavy atom. The molecule has 7 nitrogen and oxygen atoms in total. The van der Waals surface area contributed by atoms with Gasteiger partial charge in [0.25, 0.3) is 0 Å². The van der Waals surface area contributed by atoms with Crippen LogP contribution < -0.4 is 10.6 Å². The van der Waals surface area contributed by atoms with Gasteiger partial charge in [0.2, 0.25) is 5.89 Å². The molecule has 0 bridgehead atoms. The van der Waals surface area contributed by atoms with Crippen LogP contribution in [0.1, 0.15) is 17.9 Å². The summed E-state index contributed by atoms with van der Waals surface area (Å²) in [4.78, 5) is 26.3. The second-order valence-corrected chi connectivity index (χ2v) is 4.77. The number of nitrogens with one attached hydrogen (secondary N) is 2. The van der Waals surface area contributed by atoms with E-state index in [1.54, 1.807) is 18.2 Å². The normalized spacial score (nSPS) is 10.3. The van der Waals surface area contributed by atoms with E-state index in [1.165, 1.54) is 0 Å². The number of carboxylic acid groups (broad SMARTS) is 1. The van der Waals surface area contributed by atoms with E-state index in [9.17, 15) is 9.59 Å². The summed E-state index contributed by atoms with van der Waals surface area (Å²) >= 11 is 0. The fourth-order valence-corrected chi connectivity index (χ4v) is 1.78. The zero-order valence-corrected chi connectivity index (χ0v) is 12.3. The number of carbonyl (C=O) groups is 2. The summed E-state index contributed by atoms with van der Waals surface area (Å²) in [7, 11) is 0. The van der Waals surface area contributed by atoms with Crippen LogP contribution in [0.4, 0.5) is 10.5 Å². The minimum Gasteiger partial charge on any atom is -0.481 e. The molecule has 22 heavy (non-hydrogen) atoms. The second kappa shape index (κ2) is 6.75. The Morgan fingerprint density at radius 2 is 2.09 bits per heavy atom. The zero-order chi connectivity index (χ0) is 16.1. The van der Waals surface area contributed by atoms with Gasteiger partial charge in [0.05, 0.1) is 12.1 Å². The van der Waals surface area contributed by atoms with Crippen molar-refractivity contribution in [3.05, 3.63) is 35.7 Å². The monoisotopic (exact) mass is 303 g/mol. The van der Waals surface area contributed by atoms with Crippen molar-refractivity contribution in [2.24, 2.45) is 0 Å². The number of nitrogens with zero attached hydrogens (tertiary/aromatic N) is 1. The summed E-state index contributed by atoms with van der Waals surface area (Å²) in [6, 6.07) is 6.61. The van der Waals surface area contributed by atoms with Gasteiger partial charge < -0.3 is 20.2 Å². The van der Waals surface area contributed by atoms with Gasteiger partial charge in [0.1, 0.15) is 5.76 Å². The Kier molecular flexibility index (Phi) is 4.77. The maximum absolute atomic E-state index is 11.6. The Bertz CT molecular complexity index is 674. The first-order chi connectivity index (χ1) is 10.5. The number of hydrogen-bond acceptors (Lipinski definition) is 4. The summed E-state index contributed by atoms with van der Waals surface area (Å²) in [5.74, 6) is 0.279. The molecule has 0 unspecified atom stereocenters. The molecule has 3 N–H and O–H groups in total. The highest BCUT2D eigenvalue weighted by Crippen LogP contribution is 2.23. The number of urea groups is 1. The number of rotatable bonds is 5. The number of hydrogen-bond donors (Lipinski definition) is 3. The highest BCUT2D eigenvalue weighted by Gasteiger charge is 2.09. The molecule has 1 aromatic carbocycles. The van der Waals surface area contributed by atoms with Crippen LogP contribution in [0.25, 0.3) is 11.5 Å². The van der Waals surface area contributed by atoms with Gasteiger partial charge in [0, 0.05) is 17.8 Å². The van der Waals surface area contributed by atoms with E-state index in [-0.39, 0.29) is 13.0 Å². The molecule has 0 aliphatic heterocycles. The number of aromatic nitrogens is 1. The third kappa shape index (κ3) is 4.08. The highest BCUT2D eigenvalue weighted by molar-refractivity contribution is 5.90. The van der Waals surface area contributed by atoms with E-state index in [2.05, 4.69) is 15.6 Å². The molecule has 0 saturated carbocycles. The van der Waals surface area contributed by atoms with Crippen molar-refractivity contribution in [2.75, 3.05) is 11.9 Å². The molecule has 7 heteroatoms. The summed E-state index contributed by atoms with van der Waals surface area (Å²) in [5.41, 5.74) is 2.14. The highest BCUT2D eigenvalue weighted by atomic mass is 16.4. The number of carbonyl (C=O) groups excluding carboxylic acids is 1. The Morgan fingerprint density at radius 1 is 1.32 bits per heavy atom. The van der Waals surface area contributed by atoms with Crippen molar-refractivity contribution < 1.29 is 19.1 Å². The molecule has 0 aliphatic rings. The van der Waals surface area contributed by atoms with Gasteiger partial charge in [-0.3, -0.25) is 4.79 Å². The molecular formula is C15H17N3O4. The number of oxazole rings is 1. The lowest BCUT2D eigenvalue weighted by molar-refractivity contribution is -0.136. The molecule has 0 saturated heterocycles. The average Bonchev–Trinajstić information content (AvgIpc) is 2.78. The van der Waals surface area contributed by atoms with Crippen LogP contribution in [0, 0.1) is 13.8 Å². The molecule has 1 heterocycles. The number of aryl methyl sites for hydroxylation is 2. The van der Waals surface area contributed by atoms with Crippen LogP contribution in [0.2, 0.25) is 0 Å². The predicted molar refractivity (Wildman–Crippen MR) is 80.7 cm³/mol. The largest absolute Gasteiger partial charge is 0.481 e. The lowest BCUT2D eigenvalue weighted by Crippen LogP contribution is -2.30. The molecular weight excluding hydrogens is 286 g/mol. The van der Waals surface area contributed by atoms with E-state index in [0.717, 1.165) is 17.0 Å². The standard InChI is InChI=1S/C15H17N3O4/c1-9-10(2)22-14(17-9)11-4-3-5-12(8-11)18-15(21)16-7-6-13(19)20/h3-5,8H,6-7H2,1-2H3,(H,19,20)(H2,16,18,21). The molecule has 0 atom stereocenters. The number of carboxylic acids is 1. The maximum Gasteiger partial charge on any atom is 0.319 e.